The summed E-state index contributed by atoms with van der Waals surface area (Å²) >= 11 is 0. The number of rotatable bonds is 11. The minimum Gasteiger partial charge on any atom is -0.465 e. The molecule has 9 heteroatoms. The minimum absolute atomic E-state index is 0.00813. The molecule has 0 spiro atoms. The Bertz CT molecular complexity index is 1590. The van der Waals surface area contributed by atoms with Crippen LogP contribution in [-0.2, 0) is 32.2 Å². The van der Waals surface area contributed by atoms with Gasteiger partial charge < -0.3 is 30.0 Å². The number of aliphatic hydroxyl groups is 1. The summed E-state index contributed by atoms with van der Waals surface area (Å²) in [4.78, 5) is 26.6. The number of carbonyl (C=O) groups is 2. The van der Waals surface area contributed by atoms with Gasteiger partial charge in [0, 0.05) is 37.7 Å². The number of urea groups is 1. The van der Waals surface area contributed by atoms with Crippen molar-refractivity contribution in [2.24, 2.45) is 10.8 Å². The number of esters is 1. The average molecular weight is 670 g/mol. The van der Waals surface area contributed by atoms with Crippen molar-refractivity contribution in [3.63, 3.8) is 0 Å². The summed E-state index contributed by atoms with van der Waals surface area (Å²) in [7, 11) is 0. The molecule has 49 heavy (non-hydrogen) atoms. The number of aliphatic hydroxyl groups excluding tert-OH is 1. The van der Waals surface area contributed by atoms with Gasteiger partial charge in [0.05, 0.1) is 25.4 Å². The number of fused-ring (bicyclic) bond motifs is 2. The molecular formula is C40H51N3O6. The average Bonchev–Trinajstić information content (AvgIpc) is 3.33. The van der Waals surface area contributed by atoms with Crippen LogP contribution in [0.15, 0.2) is 72.8 Å². The van der Waals surface area contributed by atoms with E-state index in [1.807, 2.05) is 36.4 Å². The zero-order valence-electron chi connectivity index (χ0n) is 29.2. The molecule has 1 aliphatic carbocycles. The van der Waals surface area contributed by atoms with Crippen LogP contribution in [0.1, 0.15) is 88.0 Å². The van der Waals surface area contributed by atoms with E-state index in [0.29, 0.717) is 23.4 Å². The fourth-order valence-corrected chi connectivity index (χ4v) is 8.46. The number of nitrogens with one attached hydrogen (secondary N) is 2. The molecule has 6 rings (SSSR count). The van der Waals surface area contributed by atoms with Crippen molar-refractivity contribution >= 4 is 12.0 Å². The fraction of sp³-hybridized carbons (Fsp3) is 0.500. The molecule has 262 valence electrons. The molecule has 1 saturated carbocycles. The molecular weight excluding hydrogens is 618 g/mol. The fourth-order valence-electron chi connectivity index (χ4n) is 8.46. The van der Waals surface area contributed by atoms with E-state index in [2.05, 4.69) is 72.7 Å². The smallest absolute Gasteiger partial charge is 0.325 e. The Morgan fingerprint density at radius 2 is 1.67 bits per heavy atom. The Hall–Kier alpha value is -3.76. The van der Waals surface area contributed by atoms with Gasteiger partial charge in [-0.3, -0.25) is 9.69 Å². The predicted octanol–water partition coefficient (Wildman–Crippen LogP) is 6.65. The van der Waals surface area contributed by atoms with Crippen LogP contribution in [0.4, 0.5) is 4.79 Å². The van der Waals surface area contributed by atoms with Gasteiger partial charge in [-0.1, -0.05) is 93.6 Å². The molecule has 2 heterocycles. The number of likely N-dealkylation sites (tertiary alicyclic amines) is 1. The number of ether oxygens (including phenoxy) is 3. The highest BCUT2D eigenvalue weighted by atomic mass is 16.7. The topological polar surface area (TPSA) is 109 Å². The lowest BCUT2D eigenvalue weighted by atomic mass is 9.65. The van der Waals surface area contributed by atoms with E-state index in [4.69, 9.17) is 14.2 Å². The molecule has 3 aromatic carbocycles. The van der Waals surface area contributed by atoms with E-state index in [-0.39, 0.29) is 32.0 Å². The van der Waals surface area contributed by atoms with Gasteiger partial charge in [-0.15, -0.1) is 0 Å². The maximum atomic E-state index is 12.3. The highest BCUT2D eigenvalue weighted by Crippen LogP contribution is 2.53. The minimum atomic E-state index is -0.524. The van der Waals surface area contributed by atoms with Crippen LogP contribution in [0.2, 0.25) is 0 Å². The number of benzene rings is 3. The van der Waals surface area contributed by atoms with Crippen molar-refractivity contribution in [2.45, 2.75) is 91.1 Å². The van der Waals surface area contributed by atoms with Crippen LogP contribution < -0.4 is 10.6 Å². The number of nitrogens with zero attached hydrogens (tertiary/aromatic N) is 1. The zero-order valence-corrected chi connectivity index (χ0v) is 29.2. The molecule has 2 aliphatic heterocycles. The second-order valence-corrected chi connectivity index (χ2v) is 15.1. The van der Waals surface area contributed by atoms with Gasteiger partial charge in [0.1, 0.15) is 6.54 Å². The SMILES string of the molecule is CCOC(=O)CNC(=O)NCc1ccccc1-c1ccc(C2OC(CN3CC4(C)CC3CC(C)(C)C4)CC(c3ccc(CO)cc3)O2)cc1. The summed E-state index contributed by atoms with van der Waals surface area (Å²) in [5, 5.41) is 15.0. The predicted molar refractivity (Wildman–Crippen MR) is 188 cm³/mol. The number of hydrogen-bond acceptors (Lipinski definition) is 7. The summed E-state index contributed by atoms with van der Waals surface area (Å²) in [5.41, 5.74) is 6.59. The van der Waals surface area contributed by atoms with Crippen molar-refractivity contribution in [1.29, 1.82) is 0 Å². The summed E-state index contributed by atoms with van der Waals surface area (Å²) in [6.07, 6.45) is 3.86. The number of carbonyl (C=O) groups excluding carboxylic acids is 2. The molecule has 5 unspecified atom stereocenters. The quantitative estimate of drug-likeness (QED) is 0.196. The first-order chi connectivity index (χ1) is 23.5. The van der Waals surface area contributed by atoms with Crippen LogP contribution in [0.25, 0.3) is 11.1 Å². The lowest BCUT2D eigenvalue weighted by molar-refractivity contribution is -0.253. The Morgan fingerprint density at radius 3 is 2.41 bits per heavy atom. The second kappa shape index (κ2) is 15.0. The molecule has 3 aliphatic rings. The second-order valence-electron chi connectivity index (χ2n) is 15.1. The molecule has 5 atom stereocenters. The maximum Gasteiger partial charge on any atom is 0.325 e. The third-order valence-corrected chi connectivity index (χ3v) is 10.2. The number of hydrogen-bond donors (Lipinski definition) is 3. The molecule has 0 aromatic heterocycles. The van der Waals surface area contributed by atoms with Gasteiger partial charge in [-0.2, -0.15) is 0 Å². The highest BCUT2D eigenvalue weighted by molar-refractivity contribution is 5.81. The molecule has 2 saturated heterocycles. The Morgan fingerprint density at radius 1 is 0.939 bits per heavy atom. The van der Waals surface area contributed by atoms with Crippen molar-refractivity contribution in [3.8, 4) is 11.1 Å². The maximum absolute atomic E-state index is 12.3. The van der Waals surface area contributed by atoms with E-state index in [0.717, 1.165) is 52.9 Å². The van der Waals surface area contributed by atoms with Crippen LogP contribution in [0, 0.1) is 10.8 Å². The van der Waals surface area contributed by atoms with E-state index >= 15 is 0 Å². The monoisotopic (exact) mass is 669 g/mol. The standard InChI is InChI=1S/C40H51N3O6/c1-5-47-36(45)22-42-38(46)41-21-31-8-6-7-9-34(31)28-14-16-30(17-15-28)37-48-33(18-35(49-37)29-12-10-27(24-44)11-13-29)23-43-26-40(4)20-32(43)19-39(2,3)25-40/h6-17,32-33,35,37,44H,5,18-26H2,1-4H3,(H2,41,42,46). The van der Waals surface area contributed by atoms with E-state index in [1.165, 1.54) is 19.3 Å². The molecule has 3 fully saturated rings. The van der Waals surface area contributed by atoms with E-state index < -0.39 is 18.3 Å². The lowest BCUT2D eigenvalue weighted by Crippen LogP contribution is -2.42. The molecule has 0 radical (unpaired) electrons. The van der Waals surface area contributed by atoms with Gasteiger partial charge in [0.25, 0.3) is 0 Å². The van der Waals surface area contributed by atoms with Gasteiger partial charge >= 0.3 is 12.0 Å². The normalized spacial score (nSPS) is 26.2. The zero-order chi connectivity index (χ0) is 34.6. The Balaban J connectivity index is 1.17. The third kappa shape index (κ3) is 8.70. The third-order valence-electron chi connectivity index (χ3n) is 10.2. The van der Waals surface area contributed by atoms with Crippen molar-refractivity contribution < 1.29 is 28.9 Å². The molecule has 9 nitrogen and oxygen atoms in total. The summed E-state index contributed by atoms with van der Waals surface area (Å²) < 4.78 is 18.3. The Kier molecular flexibility index (Phi) is 10.7. The lowest BCUT2D eigenvalue weighted by Gasteiger charge is -2.41. The number of amides is 2. The Labute approximate surface area is 290 Å². The van der Waals surface area contributed by atoms with Gasteiger partial charge in [0.2, 0.25) is 0 Å². The highest BCUT2D eigenvalue weighted by Gasteiger charge is 2.50. The molecule has 3 N–H and O–H groups in total. The van der Waals surface area contributed by atoms with Gasteiger partial charge in [0.15, 0.2) is 6.29 Å². The van der Waals surface area contributed by atoms with Crippen molar-refractivity contribution in [3.05, 3.63) is 95.1 Å². The first-order valence-electron chi connectivity index (χ1n) is 17.6. The summed E-state index contributed by atoms with van der Waals surface area (Å²) in [6, 6.07) is 24.4. The van der Waals surface area contributed by atoms with Crippen LogP contribution in [0.5, 0.6) is 0 Å². The molecule has 2 amide bonds. The first kappa shape index (κ1) is 35.1. The summed E-state index contributed by atoms with van der Waals surface area (Å²) in [5.74, 6) is -0.474. The van der Waals surface area contributed by atoms with E-state index in [9.17, 15) is 14.7 Å². The van der Waals surface area contributed by atoms with Gasteiger partial charge in [-0.05, 0) is 64.8 Å². The van der Waals surface area contributed by atoms with Crippen molar-refractivity contribution in [2.75, 3.05) is 26.2 Å². The van der Waals surface area contributed by atoms with Crippen LogP contribution in [0.3, 0.4) is 0 Å². The summed E-state index contributed by atoms with van der Waals surface area (Å²) in [6.45, 7) is 11.4. The van der Waals surface area contributed by atoms with Gasteiger partial charge in [-0.25, -0.2) is 4.79 Å². The van der Waals surface area contributed by atoms with Crippen molar-refractivity contribution in [1.82, 2.24) is 15.5 Å². The largest absolute Gasteiger partial charge is 0.465 e. The van der Waals surface area contributed by atoms with Crippen LogP contribution >= 0.6 is 0 Å². The van der Waals surface area contributed by atoms with E-state index in [1.54, 1.807) is 6.92 Å². The molecule has 2 bridgehead atoms. The van der Waals surface area contributed by atoms with Crippen LogP contribution in [-0.4, -0.2) is 60.4 Å². The molecule has 3 aromatic rings. The first-order valence-corrected chi connectivity index (χ1v) is 17.6.